The minimum Gasteiger partial charge on any atom is -0.396 e. The normalized spacial score (nSPS) is 19.5. The standard InChI is InChI=1S/C11H19N3O/c15-9-1-5-13-6-2-11(3-7-13)14-8-4-12-10-14/h4,8,10-11,15H,1-3,5-7,9H2. The molecule has 4 nitrogen and oxygen atoms in total. The van der Waals surface area contributed by atoms with Crippen LogP contribution in [0.15, 0.2) is 18.7 Å². The van der Waals surface area contributed by atoms with Crippen molar-refractivity contribution in [1.82, 2.24) is 14.5 Å². The molecule has 84 valence electrons. The Kier molecular flexibility index (Phi) is 3.75. The van der Waals surface area contributed by atoms with E-state index in [2.05, 4.69) is 14.5 Å². The van der Waals surface area contributed by atoms with E-state index in [1.54, 1.807) is 0 Å². The Morgan fingerprint density at radius 2 is 2.13 bits per heavy atom. The van der Waals surface area contributed by atoms with Gasteiger partial charge in [0.05, 0.1) is 6.33 Å². The second kappa shape index (κ2) is 5.28. The predicted octanol–water partition coefficient (Wildman–Crippen LogP) is 0.902. The molecular formula is C11H19N3O. The van der Waals surface area contributed by atoms with Gasteiger partial charge in [-0.3, -0.25) is 0 Å². The molecule has 0 aliphatic carbocycles. The molecule has 0 amide bonds. The monoisotopic (exact) mass is 209 g/mol. The van der Waals surface area contributed by atoms with E-state index in [0.717, 1.165) is 26.1 Å². The summed E-state index contributed by atoms with van der Waals surface area (Å²) in [7, 11) is 0. The van der Waals surface area contributed by atoms with E-state index in [1.807, 2.05) is 18.7 Å². The molecule has 15 heavy (non-hydrogen) atoms. The minimum absolute atomic E-state index is 0.307. The fraction of sp³-hybridized carbons (Fsp3) is 0.727. The van der Waals surface area contributed by atoms with Crippen molar-refractivity contribution in [2.24, 2.45) is 0 Å². The third-order valence-electron chi connectivity index (χ3n) is 3.14. The third kappa shape index (κ3) is 2.79. The molecule has 0 bridgehead atoms. The van der Waals surface area contributed by atoms with E-state index in [1.165, 1.54) is 12.8 Å². The Hall–Kier alpha value is -0.870. The maximum Gasteiger partial charge on any atom is 0.0948 e. The van der Waals surface area contributed by atoms with Gasteiger partial charge >= 0.3 is 0 Å². The van der Waals surface area contributed by atoms with Gasteiger partial charge in [0.25, 0.3) is 0 Å². The molecule has 1 aromatic rings. The van der Waals surface area contributed by atoms with Crippen LogP contribution in [0.2, 0.25) is 0 Å². The molecule has 2 rings (SSSR count). The highest BCUT2D eigenvalue weighted by molar-refractivity contribution is 4.84. The van der Waals surface area contributed by atoms with Gasteiger partial charge < -0.3 is 14.6 Å². The first kappa shape index (κ1) is 10.6. The summed E-state index contributed by atoms with van der Waals surface area (Å²) in [5.74, 6) is 0. The Labute approximate surface area is 90.5 Å². The minimum atomic E-state index is 0.307. The van der Waals surface area contributed by atoms with Gasteiger partial charge in [-0.1, -0.05) is 0 Å². The van der Waals surface area contributed by atoms with E-state index >= 15 is 0 Å². The van der Waals surface area contributed by atoms with Crippen LogP contribution in [-0.4, -0.2) is 45.8 Å². The zero-order valence-electron chi connectivity index (χ0n) is 9.05. The SMILES string of the molecule is OCCCN1CCC(n2ccnc2)CC1. The molecular weight excluding hydrogens is 190 g/mol. The first-order valence-corrected chi connectivity index (χ1v) is 5.71. The maximum atomic E-state index is 8.76. The second-order valence-electron chi connectivity index (χ2n) is 4.16. The van der Waals surface area contributed by atoms with Gasteiger partial charge in [0.1, 0.15) is 0 Å². The van der Waals surface area contributed by atoms with Crippen LogP contribution in [0, 0.1) is 0 Å². The van der Waals surface area contributed by atoms with Crippen molar-refractivity contribution in [3.63, 3.8) is 0 Å². The number of aliphatic hydroxyl groups is 1. The average Bonchev–Trinajstić information content (AvgIpc) is 2.80. The lowest BCUT2D eigenvalue weighted by Crippen LogP contribution is -2.35. The number of nitrogens with zero attached hydrogens (tertiary/aromatic N) is 3. The quantitative estimate of drug-likeness (QED) is 0.801. The largest absolute Gasteiger partial charge is 0.396 e. The predicted molar refractivity (Wildman–Crippen MR) is 58.6 cm³/mol. The molecule has 1 fully saturated rings. The van der Waals surface area contributed by atoms with Gasteiger partial charge in [0.15, 0.2) is 0 Å². The summed E-state index contributed by atoms with van der Waals surface area (Å²) in [4.78, 5) is 6.52. The Balaban J connectivity index is 1.77. The fourth-order valence-corrected chi connectivity index (χ4v) is 2.22. The lowest BCUT2D eigenvalue weighted by atomic mass is 10.0. The highest BCUT2D eigenvalue weighted by atomic mass is 16.3. The van der Waals surface area contributed by atoms with Crippen LogP contribution in [0.5, 0.6) is 0 Å². The molecule has 1 saturated heterocycles. The topological polar surface area (TPSA) is 41.3 Å². The van der Waals surface area contributed by atoms with E-state index in [-0.39, 0.29) is 0 Å². The Morgan fingerprint density at radius 1 is 1.33 bits per heavy atom. The number of hydrogen-bond acceptors (Lipinski definition) is 3. The first-order chi connectivity index (χ1) is 7.40. The van der Waals surface area contributed by atoms with E-state index < -0.39 is 0 Å². The van der Waals surface area contributed by atoms with Gasteiger partial charge in [-0.05, 0) is 19.3 Å². The van der Waals surface area contributed by atoms with Gasteiger partial charge in [0, 0.05) is 44.7 Å². The van der Waals surface area contributed by atoms with Crippen LogP contribution in [0.3, 0.4) is 0 Å². The molecule has 0 atom stereocenters. The summed E-state index contributed by atoms with van der Waals surface area (Å²) in [6.07, 6.45) is 9.10. The molecule has 1 aromatic heterocycles. The van der Waals surface area contributed by atoms with Crippen molar-refractivity contribution in [3.8, 4) is 0 Å². The average molecular weight is 209 g/mol. The van der Waals surface area contributed by atoms with Crippen molar-refractivity contribution in [2.45, 2.75) is 25.3 Å². The van der Waals surface area contributed by atoms with Crippen molar-refractivity contribution < 1.29 is 5.11 Å². The molecule has 4 heteroatoms. The molecule has 1 N–H and O–H groups in total. The van der Waals surface area contributed by atoms with Gasteiger partial charge in [-0.2, -0.15) is 0 Å². The number of hydrogen-bond donors (Lipinski definition) is 1. The van der Waals surface area contributed by atoms with Gasteiger partial charge in [-0.25, -0.2) is 4.98 Å². The molecule has 0 aromatic carbocycles. The van der Waals surface area contributed by atoms with Gasteiger partial charge in [0.2, 0.25) is 0 Å². The lowest BCUT2D eigenvalue weighted by Gasteiger charge is -2.32. The zero-order valence-corrected chi connectivity index (χ0v) is 9.05. The summed E-state index contributed by atoms with van der Waals surface area (Å²) in [5, 5.41) is 8.76. The number of aromatic nitrogens is 2. The van der Waals surface area contributed by atoms with E-state index in [9.17, 15) is 0 Å². The molecule has 2 heterocycles. The van der Waals surface area contributed by atoms with Crippen molar-refractivity contribution in [3.05, 3.63) is 18.7 Å². The highest BCUT2D eigenvalue weighted by Crippen LogP contribution is 2.21. The van der Waals surface area contributed by atoms with Crippen LogP contribution in [0.25, 0.3) is 0 Å². The van der Waals surface area contributed by atoms with Crippen LogP contribution in [0.1, 0.15) is 25.3 Å². The Bertz CT molecular complexity index is 265. The zero-order chi connectivity index (χ0) is 10.5. The van der Waals surface area contributed by atoms with Crippen LogP contribution >= 0.6 is 0 Å². The fourth-order valence-electron chi connectivity index (χ4n) is 2.22. The van der Waals surface area contributed by atoms with Crippen LogP contribution < -0.4 is 0 Å². The summed E-state index contributed by atoms with van der Waals surface area (Å²) >= 11 is 0. The van der Waals surface area contributed by atoms with E-state index in [0.29, 0.717) is 12.6 Å². The summed E-state index contributed by atoms with van der Waals surface area (Å²) in [5.41, 5.74) is 0. The van der Waals surface area contributed by atoms with Crippen LogP contribution in [-0.2, 0) is 0 Å². The van der Waals surface area contributed by atoms with Gasteiger partial charge in [-0.15, -0.1) is 0 Å². The van der Waals surface area contributed by atoms with E-state index in [4.69, 9.17) is 5.11 Å². The lowest BCUT2D eigenvalue weighted by molar-refractivity contribution is 0.169. The molecule has 1 aliphatic heterocycles. The second-order valence-corrected chi connectivity index (χ2v) is 4.16. The number of piperidine rings is 1. The van der Waals surface area contributed by atoms with Crippen molar-refractivity contribution >= 4 is 0 Å². The molecule has 0 spiro atoms. The number of likely N-dealkylation sites (tertiary alicyclic amines) is 1. The molecule has 0 saturated carbocycles. The van der Waals surface area contributed by atoms with Crippen LogP contribution in [0.4, 0.5) is 0 Å². The number of aliphatic hydroxyl groups excluding tert-OH is 1. The summed E-state index contributed by atoms with van der Waals surface area (Å²) < 4.78 is 2.21. The molecule has 0 unspecified atom stereocenters. The molecule has 0 radical (unpaired) electrons. The summed E-state index contributed by atoms with van der Waals surface area (Å²) in [6.45, 7) is 3.63. The smallest absolute Gasteiger partial charge is 0.0948 e. The molecule has 1 aliphatic rings. The number of rotatable bonds is 4. The number of imidazole rings is 1. The summed E-state index contributed by atoms with van der Waals surface area (Å²) in [6, 6.07) is 0.623. The third-order valence-corrected chi connectivity index (χ3v) is 3.14. The van der Waals surface area contributed by atoms with Crippen molar-refractivity contribution in [2.75, 3.05) is 26.2 Å². The van der Waals surface area contributed by atoms with Crippen molar-refractivity contribution in [1.29, 1.82) is 0 Å². The highest BCUT2D eigenvalue weighted by Gasteiger charge is 2.19. The maximum absolute atomic E-state index is 8.76. The first-order valence-electron chi connectivity index (χ1n) is 5.71. The Morgan fingerprint density at radius 3 is 2.73 bits per heavy atom.